The first-order chi connectivity index (χ1) is 13.4. The summed E-state index contributed by atoms with van der Waals surface area (Å²) in [6.45, 7) is 0.873. The van der Waals surface area contributed by atoms with Crippen molar-refractivity contribution >= 4 is 17.8 Å². The molecule has 0 saturated heterocycles. The van der Waals surface area contributed by atoms with E-state index in [9.17, 15) is 19.1 Å². The summed E-state index contributed by atoms with van der Waals surface area (Å²) in [5.74, 6) is 0.332. The van der Waals surface area contributed by atoms with E-state index in [1.54, 1.807) is 37.1 Å². The molecule has 2 amide bonds. The van der Waals surface area contributed by atoms with E-state index >= 15 is 0 Å². The third-order valence-electron chi connectivity index (χ3n) is 5.15. The number of anilines is 1. The highest BCUT2D eigenvalue weighted by molar-refractivity contribution is 5.91. The molecule has 1 fully saturated rings. The molecule has 2 unspecified atom stereocenters. The number of aromatic nitrogens is 4. The zero-order valence-corrected chi connectivity index (χ0v) is 15.9. The zero-order valence-electron chi connectivity index (χ0n) is 15.9. The largest absolute Gasteiger partial charge is 0.465 e. The smallest absolute Gasteiger partial charge is 0.407 e. The van der Waals surface area contributed by atoms with E-state index in [0.29, 0.717) is 18.7 Å². The number of rotatable bonds is 7. The van der Waals surface area contributed by atoms with Gasteiger partial charge >= 0.3 is 6.09 Å². The maximum Gasteiger partial charge on any atom is 0.407 e. The standard InChI is InChI=1S/C18H25FN6O3/c1-11(8-19)25(18(27)28)14-4-3-13(6-14)15-7-16(23-22-15)21-17(26)5-12-9-20-24(2)10-12/h7,9-11,13-14H,3-6,8H2,1-2H3,(H,27,28)(H2,21,22,23,26)/t11-,13?,14?/m0/s1. The second-order valence-electron chi connectivity index (χ2n) is 7.31. The van der Waals surface area contributed by atoms with Gasteiger partial charge < -0.3 is 15.3 Å². The number of carbonyl (C=O) groups is 2. The van der Waals surface area contributed by atoms with Crippen LogP contribution < -0.4 is 5.32 Å². The average Bonchev–Trinajstić information content (AvgIpc) is 3.36. The summed E-state index contributed by atoms with van der Waals surface area (Å²) >= 11 is 0. The molecule has 28 heavy (non-hydrogen) atoms. The lowest BCUT2D eigenvalue weighted by Gasteiger charge is -2.30. The lowest BCUT2D eigenvalue weighted by atomic mass is 10.0. The fourth-order valence-corrected chi connectivity index (χ4v) is 3.82. The van der Waals surface area contributed by atoms with Gasteiger partial charge in [-0.05, 0) is 31.7 Å². The monoisotopic (exact) mass is 392 g/mol. The predicted octanol–water partition coefficient (Wildman–Crippen LogP) is 2.30. The SMILES string of the molecule is C[C@@H](CF)N(C(=O)O)C1CCC(c2cc(NC(=O)Cc3cnn(C)c3)n[nH]2)C1. The van der Waals surface area contributed by atoms with E-state index in [2.05, 4.69) is 20.6 Å². The van der Waals surface area contributed by atoms with Crippen molar-refractivity contribution in [1.82, 2.24) is 24.9 Å². The maximum absolute atomic E-state index is 13.0. The molecule has 0 radical (unpaired) electrons. The summed E-state index contributed by atoms with van der Waals surface area (Å²) in [4.78, 5) is 24.8. The molecule has 3 atom stereocenters. The van der Waals surface area contributed by atoms with Crippen molar-refractivity contribution in [2.24, 2.45) is 7.05 Å². The highest BCUT2D eigenvalue weighted by atomic mass is 19.1. The molecule has 3 N–H and O–H groups in total. The van der Waals surface area contributed by atoms with Gasteiger partial charge in [-0.2, -0.15) is 10.2 Å². The Morgan fingerprint density at radius 3 is 2.93 bits per heavy atom. The summed E-state index contributed by atoms with van der Waals surface area (Å²) in [5.41, 5.74) is 1.66. The number of nitrogens with zero attached hydrogens (tertiary/aromatic N) is 4. The minimum atomic E-state index is -1.09. The quantitative estimate of drug-likeness (QED) is 0.669. The number of nitrogens with one attached hydrogen (secondary N) is 2. The number of amides is 2. The van der Waals surface area contributed by atoms with Gasteiger partial charge in [0.2, 0.25) is 5.91 Å². The van der Waals surface area contributed by atoms with E-state index in [1.165, 1.54) is 4.90 Å². The molecule has 1 saturated carbocycles. The zero-order chi connectivity index (χ0) is 20.3. The van der Waals surface area contributed by atoms with Crippen molar-refractivity contribution in [2.45, 2.75) is 50.6 Å². The van der Waals surface area contributed by atoms with E-state index in [1.807, 2.05) is 0 Å². The Bertz CT molecular complexity index is 835. The van der Waals surface area contributed by atoms with Gasteiger partial charge in [-0.3, -0.25) is 14.6 Å². The van der Waals surface area contributed by atoms with Gasteiger partial charge in [0.05, 0.1) is 18.7 Å². The van der Waals surface area contributed by atoms with Gasteiger partial charge in [0.15, 0.2) is 5.82 Å². The Labute approximate surface area is 161 Å². The maximum atomic E-state index is 13.0. The van der Waals surface area contributed by atoms with E-state index < -0.39 is 18.8 Å². The van der Waals surface area contributed by atoms with Crippen molar-refractivity contribution in [3.8, 4) is 0 Å². The Morgan fingerprint density at radius 1 is 1.50 bits per heavy atom. The van der Waals surface area contributed by atoms with Gasteiger partial charge in [0, 0.05) is 37.0 Å². The molecule has 9 nitrogen and oxygen atoms in total. The predicted molar refractivity (Wildman–Crippen MR) is 99.8 cm³/mol. The molecule has 3 rings (SSSR count). The topological polar surface area (TPSA) is 116 Å². The summed E-state index contributed by atoms with van der Waals surface area (Å²) in [6.07, 6.45) is 4.57. The molecule has 2 heterocycles. The second kappa shape index (κ2) is 8.41. The van der Waals surface area contributed by atoms with Crippen LogP contribution in [0, 0.1) is 0 Å². The molecule has 0 aliphatic heterocycles. The second-order valence-corrected chi connectivity index (χ2v) is 7.31. The number of carboxylic acid groups (broad SMARTS) is 1. The third-order valence-corrected chi connectivity index (χ3v) is 5.15. The number of hydrogen-bond donors (Lipinski definition) is 3. The van der Waals surface area contributed by atoms with Crippen LogP contribution in [-0.4, -0.2) is 60.7 Å². The van der Waals surface area contributed by atoms with Crippen LogP contribution in [0.4, 0.5) is 15.0 Å². The van der Waals surface area contributed by atoms with Crippen LogP contribution in [0.1, 0.15) is 43.4 Å². The van der Waals surface area contributed by atoms with Gasteiger partial charge in [0.1, 0.15) is 6.67 Å². The van der Waals surface area contributed by atoms with Crippen molar-refractivity contribution < 1.29 is 19.1 Å². The Hall–Kier alpha value is -2.91. The van der Waals surface area contributed by atoms with Gasteiger partial charge in [-0.1, -0.05) is 0 Å². The van der Waals surface area contributed by atoms with Crippen LogP contribution in [0.5, 0.6) is 0 Å². The first-order valence-corrected chi connectivity index (χ1v) is 9.27. The van der Waals surface area contributed by atoms with Crippen molar-refractivity contribution in [1.29, 1.82) is 0 Å². The molecule has 1 aliphatic rings. The van der Waals surface area contributed by atoms with Crippen LogP contribution in [-0.2, 0) is 18.3 Å². The molecule has 2 aromatic heterocycles. The number of H-pyrrole nitrogens is 1. The summed E-state index contributed by atoms with van der Waals surface area (Å²) in [6, 6.07) is 0.892. The highest BCUT2D eigenvalue weighted by Gasteiger charge is 2.35. The fourth-order valence-electron chi connectivity index (χ4n) is 3.82. The molecule has 152 valence electrons. The number of carbonyl (C=O) groups excluding carboxylic acids is 1. The number of alkyl halides is 1. The van der Waals surface area contributed by atoms with Crippen molar-refractivity contribution in [3.05, 3.63) is 29.7 Å². The van der Waals surface area contributed by atoms with Gasteiger partial charge in [-0.15, -0.1) is 0 Å². The third kappa shape index (κ3) is 4.49. The highest BCUT2D eigenvalue weighted by Crippen LogP contribution is 2.37. The first kappa shape index (κ1) is 19.8. The number of halogens is 1. The minimum absolute atomic E-state index is 0.0927. The van der Waals surface area contributed by atoms with Crippen LogP contribution in [0.3, 0.4) is 0 Å². The van der Waals surface area contributed by atoms with Crippen LogP contribution in [0.15, 0.2) is 18.5 Å². The van der Waals surface area contributed by atoms with Crippen LogP contribution in [0.25, 0.3) is 0 Å². The molecular formula is C18H25FN6O3. The molecule has 10 heteroatoms. The Morgan fingerprint density at radius 2 is 2.29 bits per heavy atom. The van der Waals surface area contributed by atoms with E-state index in [-0.39, 0.29) is 24.3 Å². The lowest BCUT2D eigenvalue weighted by molar-refractivity contribution is -0.115. The summed E-state index contributed by atoms with van der Waals surface area (Å²) in [7, 11) is 1.79. The van der Waals surface area contributed by atoms with Crippen LogP contribution >= 0.6 is 0 Å². The molecule has 2 aromatic rings. The molecule has 0 bridgehead atoms. The molecule has 0 spiro atoms. The first-order valence-electron chi connectivity index (χ1n) is 9.27. The van der Waals surface area contributed by atoms with Gasteiger partial charge in [-0.25, -0.2) is 9.18 Å². The molecular weight excluding hydrogens is 367 g/mol. The van der Waals surface area contributed by atoms with Gasteiger partial charge in [0.25, 0.3) is 0 Å². The summed E-state index contributed by atoms with van der Waals surface area (Å²) in [5, 5.41) is 23.3. The van der Waals surface area contributed by atoms with E-state index in [0.717, 1.165) is 17.7 Å². The number of aryl methyl sites for hydroxylation is 1. The van der Waals surface area contributed by atoms with Crippen molar-refractivity contribution in [2.75, 3.05) is 12.0 Å². The van der Waals surface area contributed by atoms with Crippen LogP contribution in [0.2, 0.25) is 0 Å². The van der Waals surface area contributed by atoms with E-state index in [4.69, 9.17) is 0 Å². The van der Waals surface area contributed by atoms with Crippen molar-refractivity contribution in [3.63, 3.8) is 0 Å². The number of hydrogen-bond acceptors (Lipinski definition) is 4. The minimum Gasteiger partial charge on any atom is -0.465 e. The lowest BCUT2D eigenvalue weighted by Crippen LogP contribution is -2.45. The number of aromatic amines is 1. The molecule has 0 aromatic carbocycles. The molecule has 1 aliphatic carbocycles. The normalized spacial score (nSPS) is 20.1. The summed E-state index contributed by atoms with van der Waals surface area (Å²) < 4.78 is 14.6. The Balaban J connectivity index is 1.58. The fraction of sp³-hybridized carbons (Fsp3) is 0.556. The Kier molecular flexibility index (Phi) is 5.96. The average molecular weight is 392 g/mol.